The number of fused-ring (bicyclic) bond motifs is 1. The lowest BCUT2D eigenvalue weighted by Gasteiger charge is -2.30. The maximum Gasteiger partial charge on any atom is 0.341 e. The molecule has 1 heterocycles. The molecule has 31 heavy (non-hydrogen) atoms. The summed E-state index contributed by atoms with van der Waals surface area (Å²) in [7, 11) is -2.49. The van der Waals surface area contributed by atoms with Crippen molar-refractivity contribution in [3.05, 3.63) is 45.3 Å². The van der Waals surface area contributed by atoms with E-state index >= 15 is 0 Å². The van der Waals surface area contributed by atoms with Crippen molar-refractivity contribution in [3.63, 3.8) is 0 Å². The predicted octanol–water partition coefficient (Wildman–Crippen LogP) is 4.25. The Bertz CT molecular complexity index is 1100. The second-order valence-electron chi connectivity index (χ2n) is 7.36. The van der Waals surface area contributed by atoms with Crippen LogP contribution in [0.25, 0.3) is 0 Å². The third-order valence-corrected chi connectivity index (χ3v) is 7.81. The Morgan fingerprint density at radius 1 is 1.29 bits per heavy atom. The molecule has 1 atom stereocenters. The first-order chi connectivity index (χ1) is 14.7. The summed E-state index contributed by atoms with van der Waals surface area (Å²) < 4.78 is 31.2. The lowest BCUT2D eigenvalue weighted by Crippen LogP contribution is -2.47. The molecule has 7 nitrogen and oxygen atoms in total. The summed E-state index contributed by atoms with van der Waals surface area (Å²) in [5.74, 6) is -1.02. The zero-order chi connectivity index (χ0) is 22.8. The van der Waals surface area contributed by atoms with Crippen molar-refractivity contribution >= 4 is 55.5 Å². The molecule has 0 saturated heterocycles. The van der Waals surface area contributed by atoms with E-state index in [1.165, 1.54) is 24.5 Å². The van der Waals surface area contributed by atoms with Crippen LogP contribution in [0.15, 0.2) is 24.3 Å². The number of aryl methyl sites for hydroxylation is 1. The first kappa shape index (κ1) is 23.6. The van der Waals surface area contributed by atoms with Crippen LogP contribution in [0.5, 0.6) is 0 Å². The van der Waals surface area contributed by atoms with Gasteiger partial charge in [-0.3, -0.25) is 9.10 Å². The van der Waals surface area contributed by atoms with Crippen molar-refractivity contribution in [1.29, 1.82) is 0 Å². The predicted molar refractivity (Wildman–Crippen MR) is 124 cm³/mol. The average molecular weight is 485 g/mol. The molecule has 0 aliphatic heterocycles. The van der Waals surface area contributed by atoms with E-state index in [-0.39, 0.29) is 6.42 Å². The van der Waals surface area contributed by atoms with Gasteiger partial charge in [0, 0.05) is 9.90 Å². The smallest absolute Gasteiger partial charge is 0.341 e. The second-order valence-corrected chi connectivity index (χ2v) is 10.8. The van der Waals surface area contributed by atoms with Gasteiger partial charge in [-0.2, -0.15) is 0 Å². The third kappa shape index (κ3) is 5.05. The molecule has 3 rings (SSSR count). The second kappa shape index (κ2) is 9.58. The molecule has 1 aromatic carbocycles. The van der Waals surface area contributed by atoms with Gasteiger partial charge in [-0.05, 0) is 55.9 Å². The Morgan fingerprint density at radius 2 is 2.00 bits per heavy atom. The van der Waals surface area contributed by atoms with Gasteiger partial charge in [-0.1, -0.05) is 24.6 Å². The Kier molecular flexibility index (Phi) is 7.28. The highest BCUT2D eigenvalue weighted by Gasteiger charge is 2.34. The SMILES string of the molecule is CC[C@H](C(=O)Nc1sc2c(c1C(=O)OC)CCCC2)N(c1cccc(Cl)c1)S(C)(=O)=O. The highest BCUT2D eigenvalue weighted by atomic mass is 35.5. The summed E-state index contributed by atoms with van der Waals surface area (Å²) in [5.41, 5.74) is 1.59. The number of carbonyl (C=O) groups excluding carboxylic acids is 2. The molecule has 0 fully saturated rings. The monoisotopic (exact) mass is 484 g/mol. The minimum atomic E-state index is -3.79. The van der Waals surface area contributed by atoms with Gasteiger partial charge in [0.05, 0.1) is 24.6 Å². The number of hydrogen-bond acceptors (Lipinski definition) is 6. The normalized spacial score (nSPS) is 14.5. The number of sulfonamides is 1. The van der Waals surface area contributed by atoms with Crippen molar-refractivity contribution in [1.82, 2.24) is 0 Å². The van der Waals surface area contributed by atoms with E-state index in [2.05, 4.69) is 5.32 Å². The number of ether oxygens (including phenoxy) is 1. The van der Waals surface area contributed by atoms with Crippen LogP contribution < -0.4 is 9.62 Å². The van der Waals surface area contributed by atoms with Crippen LogP contribution in [0.1, 0.15) is 47.0 Å². The molecule has 0 unspecified atom stereocenters. The van der Waals surface area contributed by atoms with Crippen molar-refractivity contribution in [2.24, 2.45) is 0 Å². The number of thiophene rings is 1. The number of nitrogens with zero attached hydrogens (tertiary/aromatic N) is 1. The van der Waals surface area contributed by atoms with Gasteiger partial charge in [0.25, 0.3) is 0 Å². The maximum atomic E-state index is 13.3. The summed E-state index contributed by atoms with van der Waals surface area (Å²) in [6.45, 7) is 1.73. The first-order valence-corrected chi connectivity index (χ1v) is 13.0. The minimum Gasteiger partial charge on any atom is -0.465 e. The molecule has 1 aliphatic rings. The fourth-order valence-electron chi connectivity index (χ4n) is 3.84. The summed E-state index contributed by atoms with van der Waals surface area (Å²) in [5, 5.41) is 3.58. The summed E-state index contributed by atoms with van der Waals surface area (Å²) >= 11 is 7.41. The molecular formula is C21H25ClN2O5S2. The Morgan fingerprint density at radius 3 is 2.61 bits per heavy atom. The number of esters is 1. The minimum absolute atomic E-state index is 0.226. The van der Waals surface area contributed by atoms with Crippen molar-refractivity contribution in [2.75, 3.05) is 23.0 Å². The molecule has 10 heteroatoms. The van der Waals surface area contributed by atoms with Crippen LogP contribution in [0.4, 0.5) is 10.7 Å². The van der Waals surface area contributed by atoms with Crippen LogP contribution in [0.2, 0.25) is 5.02 Å². The molecule has 0 radical (unpaired) electrons. The molecular weight excluding hydrogens is 460 g/mol. The largest absolute Gasteiger partial charge is 0.465 e. The highest BCUT2D eigenvalue weighted by Crippen LogP contribution is 2.39. The van der Waals surface area contributed by atoms with E-state index in [4.69, 9.17) is 16.3 Å². The van der Waals surface area contributed by atoms with Crippen molar-refractivity contribution < 1.29 is 22.7 Å². The molecule has 1 aliphatic carbocycles. The number of methoxy groups -OCH3 is 1. The van der Waals surface area contributed by atoms with E-state index < -0.39 is 27.9 Å². The van der Waals surface area contributed by atoms with Crippen molar-refractivity contribution in [2.45, 2.75) is 45.1 Å². The first-order valence-electron chi connectivity index (χ1n) is 9.96. The van der Waals surface area contributed by atoms with E-state index in [1.54, 1.807) is 25.1 Å². The van der Waals surface area contributed by atoms with Crippen molar-refractivity contribution in [3.8, 4) is 0 Å². The standard InChI is InChI=1S/C21H25ClN2O5S2/c1-4-16(24(31(3,27)28)14-9-7-8-13(22)12-14)19(25)23-20-18(21(26)29-2)15-10-5-6-11-17(15)30-20/h7-9,12,16H,4-6,10-11H2,1-3H3,(H,23,25)/t16-/m1/s1. The molecule has 168 valence electrons. The zero-order valence-electron chi connectivity index (χ0n) is 17.6. The number of hydrogen-bond donors (Lipinski definition) is 1. The third-order valence-electron chi connectivity index (χ3n) is 5.19. The van der Waals surface area contributed by atoms with Gasteiger partial charge in [0.2, 0.25) is 15.9 Å². The van der Waals surface area contributed by atoms with E-state index in [9.17, 15) is 18.0 Å². The number of benzene rings is 1. The number of carbonyl (C=O) groups is 2. The molecule has 0 bridgehead atoms. The Balaban J connectivity index is 1.99. The number of halogens is 1. The quantitative estimate of drug-likeness (QED) is 0.593. The Labute approximate surface area is 191 Å². The molecule has 1 N–H and O–H groups in total. The summed E-state index contributed by atoms with van der Waals surface area (Å²) in [6, 6.07) is 5.33. The topological polar surface area (TPSA) is 92.8 Å². The van der Waals surface area contributed by atoms with Gasteiger partial charge < -0.3 is 10.1 Å². The van der Waals surface area contributed by atoms with Gasteiger partial charge in [0.15, 0.2) is 0 Å². The van der Waals surface area contributed by atoms with Gasteiger partial charge >= 0.3 is 5.97 Å². The van der Waals surface area contributed by atoms with Gasteiger partial charge in [-0.25, -0.2) is 13.2 Å². The molecule has 0 saturated carbocycles. The van der Waals surface area contributed by atoms with Crippen LogP contribution >= 0.6 is 22.9 Å². The summed E-state index contributed by atoms with van der Waals surface area (Å²) in [4.78, 5) is 26.8. The van der Waals surface area contributed by atoms with E-state index in [0.29, 0.717) is 21.3 Å². The fraction of sp³-hybridized carbons (Fsp3) is 0.429. The zero-order valence-corrected chi connectivity index (χ0v) is 20.0. The highest BCUT2D eigenvalue weighted by molar-refractivity contribution is 7.92. The fourth-order valence-corrected chi connectivity index (χ4v) is 6.51. The van der Waals surface area contributed by atoms with Gasteiger partial charge in [-0.15, -0.1) is 11.3 Å². The van der Waals surface area contributed by atoms with Crippen LogP contribution in [0, 0.1) is 0 Å². The molecule has 1 amide bonds. The van der Waals surface area contributed by atoms with E-state index in [1.807, 2.05) is 0 Å². The van der Waals surface area contributed by atoms with Crippen LogP contribution in [-0.2, 0) is 32.4 Å². The number of rotatable bonds is 7. The van der Waals surface area contributed by atoms with Crippen LogP contribution in [-0.4, -0.2) is 39.7 Å². The number of amides is 1. The lowest BCUT2D eigenvalue weighted by atomic mass is 9.95. The maximum absolute atomic E-state index is 13.3. The van der Waals surface area contributed by atoms with E-state index in [0.717, 1.165) is 46.7 Å². The Hall–Kier alpha value is -2.10. The van der Waals surface area contributed by atoms with Crippen LogP contribution in [0.3, 0.4) is 0 Å². The molecule has 0 spiro atoms. The van der Waals surface area contributed by atoms with Gasteiger partial charge in [0.1, 0.15) is 11.0 Å². The lowest BCUT2D eigenvalue weighted by molar-refractivity contribution is -0.117. The average Bonchev–Trinajstić information content (AvgIpc) is 3.07. The summed E-state index contributed by atoms with van der Waals surface area (Å²) in [6.07, 6.45) is 4.86. The molecule has 2 aromatic rings. The molecule has 1 aromatic heterocycles. The number of nitrogens with one attached hydrogen (secondary N) is 1. The number of anilines is 2.